The van der Waals surface area contributed by atoms with Crippen LogP contribution < -0.4 is 29.8 Å². The lowest BCUT2D eigenvalue weighted by atomic mass is 9.88. The Morgan fingerprint density at radius 3 is 2.40 bits per heavy atom. The lowest BCUT2D eigenvalue weighted by Crippen LogP contribution is -2.55. The van der Waals surface area contributed by atoms with Crippen LogP contribution in [0.5, 0.6) is 23.0 Å². The third-order valence-corrected chi connectivity index (χ3v) is 8.09. The molecule has 1 saturated carbocycles. The van der Waals surface area contributed by atoms with Crippen LogP contribution in [0.15, 0.2) is 41.2 Å². The third-order valence-electron chi connectivity index (χ3n) is 8.09. The molecule has 2 fully saturated rings. The number of nitrogens with one attached hydrogen (secondary N) is 2. The summed E-state index contributed by atoms with van der Waals surface area (Å²) in [7, 11) is 3.11. The molecule has 3 heterocycles. The fourth-order valence-electron chi connectivity index (χ4n) is 6.00. The molecule has 3 aromatic rings. The Morgan fingerprint density at radius 1 is 0.975 bits per heavy atom. The van der Waals surface area contributed by atoms with Crippen LogP contribution in [0, 0.1) is 0 Å². The number of likely N-dealkylation sites (tertiary alicyclic amines) is 1. The Kier molecular flexibility index (Phi) is 7.00. The molecule has 2 amide bonds. The number of pyridine rings is 1. The third kappa shape index (κ3) is 4.71. The van der Waals surface area contributed by atoms with E-state index in [2.05, 4.69) is 10.3 Å². The highest BCUT2D eigenvalue weighted by Crippen LogP contribution is 2.44. The van der Waals surface area contributed by atoms with E-state index in [9.17, 15) is 14.4 Å². The highest BCUT2D eigenvalue weighted by Gasteiger charge is 2.46. The first-order valence-electron chi connectivity index (χ1n) is 13.8. The number of aromatic amines is 1. The van der Waals surface area contributed by atoms with Gasteiger partial charge in [-0.1, -0.05) is 25.3 Å². The van der Waals surface area contributed by atoms with Crippen LogP contribution in [0.25, 0.3) is 10.9 Å². The van der Waals surface area contributed by atoms with Gasteiger partial charge < -0.3 is 34.1 Å². The zero-order valence-electron chi connectivity index (χ0n) is 22.7. The normalized spacial score (nSPS) is 19.6. The number of nitrogens with zero attached hydrogens (tertiary/aromatic N) is 1. The van der Waals surface area contributed by atoms with Crippen LogP contribution in [0.2, 0.25) is 0 Å². The molecule has 2 N–H and O–H groups in total. The number of hydrogen-bond donors (Lipinski definition) is 2. The summed E-state index contributed by atoms with van der Waals surface area (Å²) in [6.07, 6.45) is 5.19. The Labute approximate surface area is 231 Å². The number of carbonyl (C=O) groups excluding carboxylic acids is 2. The van der Waals surface area contributed by atoms with Crippen molar-refractivity contribution in [1.82, 2.24) is 15.2 Å². The quantitative estimate of drug-likeness (QED) is 0.432. The Morgan fingerprint density at radius 2 is 1.70 bits per heavy atom. The molecule has 2 atom stereocenters. The molecule has 1 saturated heterocycles. The first kappa shape index (κ1) is 26.0. The number of hydrogen-bond acceptors (Lipinski definition) is 7. The smallest absolute Gasteiger partial charge is 0.254 e. The van der Waals surface area contributed by atoms with Crippen molar-refractivity contribution in [3.05, 3.63) is 57.9 Å². The molecule has 1 aliphatic carbocycles. The fourth-order valence-corrected chi connectivity index (χ4v) is 6.00. The minimum atomic E-state index is -1.11. The van der Waals surface area contributed by atoms with Crippen LogP contribution in [0.1, 0.15) is 61.7 Å². The molecule has 2 aliphatic heterocycles. The lowest BCUT2D eigenvalue weighted by Gasteiger charge is -2.45. The maximum Gasteiger partial charge on any atom is 0.254 e. The van der Waals surface area contributed by atoms with Gasteiger partial charge in [-0.2, -0.15) is 0 Å². The topological polar surface area (TPSA) is 119 Å². The summed E-state index contributed by atoms with van der Waals surface area (Å²) >= 11 is 0. The van der Waals surface area contributed by atoms with Crippen molar-refractivity contribution in [2.24, 2.45) is 0 Å². The van der Waals surface area contributed by atoms with Crippen LogP contribution in [-0.2, 0) is 9.59 Å². The molecule has 10 heteroatoms. The zero-order valence-corrected chi connectivity index (χ0v) is 22.7. The number of ether oxygens (including phenoxy) is 4. The molecule has 40 heavy (non-hydrogen) atoms. The van der Waals surface area contributed by atoms with Gasteiger partial charge >= 0.3 is 0 Å². The van der Waals surface area contributed by atoms with E-state index >= 15 is 0 Å². The van der Waals surface area contributed by atoms with Gasteiger partial charge in [0.25, 0.3) is 5.56 Å². The molecule has 6 rings (SSSR count). The van der Waals surface area contributed by atoms with Gasteiger partial charge in [0.15, 0.2) is 23.0 Å². The molecule has 10 nitrogen and oxygen atoms in total. The first-order chi connectivity index (χ1) is 19.5. The molecular formula is C30H33N3O7. The van der Waals surface area contributed by atoms with E-state index in [1.165, 1.54) is 4.90 Å². The van der Waals surface area contributed by atoms with Gasteiger partial charge in [0.05, 0.1) is 32.2 Å². The van der Waals surface area contributed by atoms with Gasteiger partial charge in [0.1, 0.15) is 19.3 Å². The van der Waals surface area contributed by atoms with Gasteiger partial charge in [0, 0.05) is 23.1 Å². The first-order valence-corrected chi connectivity index (χ1v) is 13.8. The number of methoxy groups -OCH3 is 2. The molecule has 2 aromatic carbocycles. The summed E-state index contributed by atoms with van der Waals surface area (Å²) in [5.74, 6) is 1.66. The van der Waals surface area contributed by atoms with Crippen molar-refractivity contribution in [2.45, 2.75) is 56.7 Å². The second-order valence-corrected chi connectivity index (χ2v) is 10.5. The van der Waals surface area contributed by atoms with E-state index < -0.39 is 17.6 Å². The summed E-state index contributed by atoms with van der Waals surface area (Å²) in [5, 5.41) is 3.84. The van der Waals surface area contributed by atoms with Crippen LogP contribution in [-0.4, -0.2) is 55.2 Å². The summed E-state index contributed by atoms with van der Waals surface area (Å²) in [5.41, 5.74) is 1.13. The lowest BCUT2D eigenvalue weighted by molar-refractivity contribution is -0.156. The molecule has 3 aliphatic rings. The molecule has 0 bridgehead atoms. The summed E-state index contributed by atoms with van der Waals surface area (Å²) in [6.45, 7) is 0.856. The van der Waals surface area contributed by atoms with Crippen molar-refractivity contribution in [2.75, 3.05) is 27.4 Å². The monoisotopic (exact) mass is 547 g/mol. The second-order valence-electron chi connectivity index (χ2n) is 10.5. The molecule has 2 unspecified atom stereocenters. The van der Waals surface area contributed by atoms with Crippen molar-refractivity contribution in [1.29, 1.82) is 0 Å². The van der Waals surface area contributed by atoms with Gasteiger partial charge in [-0.15, -0.1) is 0 Å². The largest absolute Gasteiger partial charge is 0.493 e. The predicted octanol–water partition coefficient (Wildman–Crippen LogP) is 3.78. The van der Waals surface area contributed by atoms with Crippen LogP contribution in [0.3, 0.4) is 0 Å². The van der Waals surface area contributed by atoms with Gasteiger partial charge in [-0.05, 0) is 42.7 Å². The number of fused-ring (bicyclic) bond motifs is 2. The van der Waals surface area contributed by atoms with Gasteiger partial charge in [-0.3, -0.25) is 14.4 Å². The van der Waals surface area contributed by atoms with E-state index in [-0.39, 0.29) is 29.8 Å². The summed E-state index contributed by atoms with van der Waals surface area (Å²) in [6, 6.07) is 9.15. The van der Waals surface area contributed by atoms with E-state index in [0.717, 1.165) is 37.7 Å². The number of β-lactam (4-membered cyclic amide) rings is 1. The highest BCUT2D eigenvalue weighted by molar-refractivity contribution is 5.93. The highest BCUT2D eigenvalue weighted by atomic mass is 16.6. The Bertz CT molecular complexity index is 1510. The van der Waals surface area contributed by atoms with Crippen molar-refractivity contribution < 1.29 is 28.5 Å². The van der Waals surface area contributed by atoms with Crippen molar-refractivity contribution in [3.8, 4) is 23.0 Å². The second kappa shape index (κ2) is 10.7. The van der Waals surface area contributed by atoms with Crippen molar-refractivity contribution in [3.63, 3.8) is 0 Å². The molecule has 210 valence electrons. The van der Waals surface area contributed by atoms with Gasteiger partial charge in [-0.25, -0.2) is 0 Å². The molecule has 0 spiro atoms. The van der Waals surface area contributed by atoms with Gasteiger partial charge in [0.2, 0.25) is 11.8 Å². The Hall–Kier alpha value is -4.21. The number of carbonyl (C=O) groups is 2. The number of rotatable bonds is 7. The Balaban J connectivity index is 1.42. The maximum absolute atomic E-state index is 14.0. The molecule has 1 aromatic heterocycles. The average molecular weight is 548 g/mol. The SMILES string of the molecule is COc1ccc(C2CC(=O)N2C(C(=O)NC2CCCCC2)c2cc3cc4c(cc3[nH]c2=O)OCCO4)cc1OC. The predicted molar refractivity (Wildman–Crippen MR) is 147 cm³/mol. The van der Waals surface area contributed by atoms with E-state index in [1.807, 2.05) is 12.1 Å². The maximum atomic E-state index is 14.0. The minimum absolute atomic E-state index is 0.0109. The zero-order chi connectivity index (χ0) is 27.8. The van der Waals surface area contributed by atoms with Crippen LogP contribution >= 0.6 is 0 Å². The van der Waals surface area contributed by atoms with Crippen molar-refractivity contribution >= 4 is 22.7 Å². The standard InChI is InChI=1S/C30H33N3O7/c1-37-23-9-8-17(13-24(23)38-2)22-16-27(34)33(22)28(30(36)31-19-6-4-3-5-7-19)20-12-18-14-25-26(40-11-10-39-25)15-21(18)32-29(20)35/h8-9,12-15,19,22,28H,3-7,10-11,16H2,1-2H3,(H,31,36)(H,32,35). The minimum Gasteiger partial charge on any atom is -0.493 e. The fraction of sp³-hybridized carbons (Fsp3) is 0.433. The average Bonchev–Trinajstić information content (AvgIpc) is 2.97. The summed E-state index contributed by atoms with van der Waals surface area (Å²) < 4.78 is 22.3. The van der Waals surface area contributed by atoms with E-state index in [4.69, 9.17) is 18.9 Å². The molecule has 0 radical (unpaired) electrons. The number of benzene rings is 2. The number of H-pyrrole nitrogens is 1. The molecular weight excluding hydrogens is 514 g/mol. The number of aromatic nitrogens is 1. The number of amides is 2. The van der Waals surface area contributed by atoms with E-state index in [1.54, 1.807) is 38.5 Å². The van der Waals surface area contributed by atoms with Crippen LogP contribution in [0.4, 0.5) is 0 Å². The summed E-state index contributed by atoms with van der Waals surface area (Å²) in [4.78, 5) is 45.1. The van der Waals surface area contributed by atoms with E-state index in [0.29, 0.717) is 47.1 Å².